The molecule has 0 saturated heterocycles. The predicted molar refractivity (Wildman–Crippen MR) is 89.3 cm³/mol. The molecule has 0 amide bonds. The monoisotopic (exact) mass is 293 g/mol. The van der Waals surface area contributed by atoms with E-state index in [9.17, 15) is 0 Å². The van der Waals surface area contributed by atoms with Gasteiger partial charge in [-0.1, -0.05) is 33.3 Å². The van der Waals surface area contributed by atoms with Crippen LogP contribution < -0.4 is 14.8 Å². The highest BCUT2D eigenvalue weighted by atomic mass is 16.5. The first-order chi connectivity index (χ1) is 10.2. The van der Waals surface area contributed by atoms with Crippen LogP contribution in [0.3, 0.4) is 0 Å². The molecule has 3 nitrogen and oxygen atoms in total. The molecule has 3 heteroatoms. The first-order valence-corrected chi connectivity index (χ1v) is 8.35. The Morgan fingerprint density at radius 3 is 2.24 bits per heavy atom. The van der Waals surface area contributed by atoms with Crippen molar-refractivity contribution in [3.8, 4) is 11.5 Å². The number of nitrogens with one attached hydrogen (secondary N) is 1. The van der Waals surface area contributed by atoms with E-state index in [0.717, 1.165) is 44.1 Å². The van der Waals surface area contributed by atoms with Crippen LogP contribution in [0.25, 0.3) is 0 Å². The van der Waals surface area contributed by atoms with E-state index in [1.54, 1.807) is 0 Å². The maximum absolute atomic E-state index is 5.85. The normalized spacial score (nSPS) is 12.2. The van der Waals surface area contributed by atoms with Crippen LogP contribution >= 0.6 is 0 Å². The number of benzene rings is 1. The van der Waals surface area contributed by atoms with E-state index in [1.165, 1.54) is 18.4 Å². The van der Waals surface area contributed by atoms with Crippen LogP contribution in [0, 0.1) is 0 Å². The minimum Gasteiger partial charge on any atom is -0.490 e. The molecule has 0 heterocycles. The lowest BCUT2D eigenvalue weighted by molar-refractivity contribution is 0.268. The topological polar surface area (TPSA) is 30.5 Å². The minimum absolute atomic E-state index is 0.334. The smallest absolute Gasteiger partial charge is 0.161 e. The van der Waals surface area contributed by atoms with Crippen LogP contribution in [0.1, 0.15) is 65.0 Å². The maximum atomic E-state index is 5.85. The summed E-state index contributed by atoms with van der Waals surface area (Å²) in [6.07, 6.45) is 4.43. The summed E-state index contributed by atoms with van der Waals surface area (Å²) in [7, 11) is 0. The third-order valence-electron chi connectivity index (χ3n) is 3.37. The van der Waals surface area contributed by atoms with Crippen LogP contribution in [0.15, 0.2) is 18.2 Å². The van der Waals surface area contributed by atoms with Crippen molar-refractivity contribution in [1.29, 1.82) is 0 Å². The summed E-state index contributed by atoms with van der Waals surface area (Å²) in [4.78, 5) is 0. The first kappa shape index (κ1) is 17.8. The van der Waals surface area contributed by atoms with Crippen molar-refractivity contribution in [3.63, 3.8) is 0 Å². The van der Waals surface area contributed by atoms with Gasteiger partial charge in [-0.15, -0.1) is 0 Å². The number of ether oxygens (including phenoxy) is 2. The Balaban J connectivity index is 2.76. The number of rotatable bonds is 11. The van der Waals surface area contributed by atoms with Crippen molar-refractivity contribution in [2.45, 2.75) is 59.4 Å². The number of hydrogen-bond donors (Lipinski definition) is 1. The molecule has 0 saturated carbocycles. The molecule has 0 aliphatic carbocycles. The van der Waals surface area contributed by atoms with E-state index >= 15 is 0 Å². The second-order valence-electron chi connectivity index (χ2n) is 5.43. The summed E-state index contributed by atoms with van der Waals surface area (Å²) in [6, 6.07) is 6.62. The van der Waals surface area contributed by atoms with E-state index in [0.29, 0.717) is 6.04 Å². The molecule has 1 N–H and O–H groups in total. The van der Waals surface area contributed by atoms with Gasteiger partial charge in [-0.05, 0) is 50.4 Å². The standard InChI is InChI=1S/C18H31NO2/c1-5-8-11-19-15(4)16-9-10-17(20-12-6-2)18(14-16)21-13-7-3/h9-10,14-15,19H,5-8,11-13H2,1-4H3. The molecule has 120 valence electrons. The molecule has 1 aromatic rings. The highest BCUT2D eigenvalue weighted by Gasteiger charge is 2.10. The van der Waals surface area contributed by atoms with Gasteiger partial charge in [0.2, 0.25) is 0 Å². The molecule has 1 rings (SSSR count). The van der Waals surface area contributed by atoms with Gasteiger partial charge in [-0.2, -0.15) is 0 Å². The van der Waals surface area contributed by atoms with Gasteiger partial charge in [0.1, 0.15) is 0 Å². The van der Waals surface area contributed by atoms with E-state index < -0.39 is 0 Å². The molecule has 0 aromatic heterocycles. The lowest BCUT2D eigenvalue weighted by Crippen LogP contribution is -2.19. The summed E-state index contributed by atoms with van der Waals surface area (Å²) in [5.74, 6) is 1.72. The van der Waals surface area contributed by atoms with Crippen LogP contribution in [-0.4, -0.2) is 19.8 Å². The molecule has 1 aromatic carbocycles. The minimum atomic E-state index is 0.334. The van der Waals surface area contributed by atoms with Crippen molar-refractivity contribution in [2.75, 3.05) is 19.8 Å². The lowest BCUT2D eigenvalue weighted by atomic mass is 10.1. The quantitative estimate of drug-likeness (QED) is 0.599. The van der Waals surface area contributed by atoms with Gasteiger partial charge in [-0.25, -0.2) is 0 Å². The van der Waals surface area contributed by atoms with Gasteiger partial charge < -0.3 is 14.8 Å². The third-order valence-corrected chi connectivity index (χ3v) is 3.37. The molecule has 0 radical (unpaired) electrons. The molecular weight excluding hydrogens is 262 g/mol. The van der Waals surface area contributed by atoms with Crippen molar-refractivity contribution >= 4 is 0 Å². The first-order valence-electron chi connectivity index (χ1n) is 8.35. The van der Waals surface area contributed by atoms with Gasteiger partial charge in [0, 0.05) is 6.04 Å². The molecule has 1 unspecified atom stereocenters. The maximum Gasteiger partial charge on any atom is 0.161 e. The second-order valence-corrected chi connectivity index (χ2v) is 5.43. The van der Waals surface area contributed by atoms with Gasteiger partial charge >= 0.3 is 0 Å². The van der Waals surface area contributed by atoms with Crippen LogP contribution in [0.4, 0.5) is 0 Å². The third kappa shape index (κ3) is 6.38. The van der Waals surface area contributed by atoms with Gasteiger partial charge in [0.25, 0.3) is 0 Å². The van der Waals surface area contributed by atoms with Crippen molar-refractivity contribution < 1.29 is 9.47 Å². The summed E-state index contributed by atoms with van der Waals surface area (Å²) >= 11 is 0. The molecule has 0 aliphatic heterocycles. The fraction of sp³-hybridized carbons (Fsp3) is 0.667. The van der Waals surface area contributed by atoms with Gasteiger partial charge in [-0.3, -0.25) is 0 Å². The average Bonchev–Trinajstić information content (AvgIpc) is 2.51. The second kappa shape index (κ2) is 10.5. The zero-order chi connectivity index (χ0) is 15.5. The Bertz CT molecular complexity index is 393. The number of unbranched alkanes of at least 4 members (excludes halogenated alkanes) is 1. The Morgan fingerprint density at radius 2 is 1.62 bits per heavy atom. The van der Waals surface area contributed by atoms with E-state index in [2.05, 4.69) is 45.1 Å². The highest BCUT2D eigenvalue weighted by Crippen LogP contribution is 2.31. The molecule has 1 atom stereocenters. The zero-order valence-electron chi connectivity index (χ0n) is 14.1. The van der Waals surface area contributed by atoms with Crippen molar-refractivity contribution in [3.05, 3.63) is 23.8 Å². The predicted octanol–water partition coefficient (Wildman–Crippen LogP) is 4.71. The number of hydrogen-bond acceptors (Lipinski definition) is 3. The summed E-state index contributed by atoms with van der Waals surface area (Å²) in [5.41, 5.74) is 1.25. The molecule has 0 spiro atoms. The van der Waals surface area contributed by atoms with Gasteiger partial charge in [0.15, 0.2) is 11.5 Å². The molecule has 21 heavy (non-hydrogen) atoms. The van der Waals surface area contributed by atoms with Crippen molar-refractivity contribution in [2.24, 2.45) is 0 Å². The Kier molecular flexibility index (Phi) is 8.91. The summed E-state index contributed by atoms with van der Waals surface area (Å²) in [6.45, 7) is 11.1. The SMILES string of the molecule is CCCCNC(C)c1ccc(OCCC)c(OCCC)c1. The molecule has 0 aliphatic rings. The lowest BCUT2D eigenvalue weighted by Gasteiger charge is -2.18. The molecule has 0 fully saturated rings. The van der Waals surface area contributed by atoms with Crippen molar-refractivity contribution in [1.82, 2.24) is 5.32 Å². The fourth-order valence-corrected chi connectivity index (χ4v) is 2.06. The Hall–Kier alpha value is -1.22. The van der Waals surface area contributed by atoms with E-state index in [1.807, 2.05) is 6.07 Å². The van der Waals surface area contributed by atoms with Crippen LogP contribution in [0.5, 0.6) is 11.5 Å². The Morgan fingerprint density at radius 1 is 0.952 bits per heavy atom. The van der Waals surface area contributed by atoms with Crippen LogP contribution in [0.2, 0.25) is 0 Å². The molecular formula is C18H31NO2. The average molecular weight is 293 g/mol. The summed E-state index contributed by atoms with van der Waals surface area (Å²) in [5, 5.41) is 3.55. The van der Waals surface area contributed by atoms with Gasteiger partial charge in [0.05, 0.1) is 13.2 Å². The zero-order valence-corrected chi connectivity index (χ0v) is 14.1. The molecule has 0 bridgehead atoms. The largest absolute Gasteiger partial charge is 0.490 e. The highest BCUT2D eigenvalue weighted by molar-refractivity contribution is 5.43. The fourth-order valence-electron chi connectivity index (χ4n) is 2.06. The van der Waals surface area contributed by atoms with E-state index in [4.69, 9.17) is 9.47 Å². The summed E-state index contributed by atoms with van der Waals surface area (Å²) < 4.78 is 11.6. The Labute approximate surface area is 130 Å². The van der Waals surface area contributed by atoms with E-state index in [-0.39, 0.29) is 0 Å². The van der Waals surface area contributed by atoms with Crippen LogP contribution in [-0.2, 0) is 0 Å².